The molecule has 3 saturated heterocycles. The predicted octanol–water partition coefficient (Wildman–Crippen LogP) is 5.19. The van der Waals surface area contributed by atoms with Crippen molar-refractivity contribution in [1.82, 2.24) is 4.98 Å². The first-order valence-corrected chi connectivity index (χ1v) is 11.2. The molecule has 154 valence electrons. The van der Waals surface area contributed by atoms with Crippen LogP contribution in [0.3, 0.4) is 0 Å². The SMILES string of the molecule is C=CC1C[N+]2(Cc3cccc(C)c3)CCC1CC2[C@H](O)c1ccnc2ccccc12. The molecule has 3 nitrogen and oxygen atoms in total. The first kappa shape index (κ1) is 19.5. The number of nitrogens with zero attached hydrogens (tertiary/aromatic N) is 2. The van der Waals surface area contributed by atoms with Crippen LogP contribution in [0.25, 0.3) is 10.9 Å². The average molecular weight is 400 g/mol. The molecule has 2 bridgehead atoms. The number of pyridine rings is 1. The van der Waals surface area contributed by atoms with Gasteiger partial charge in [0.2, 0.25) is 0 Å². The third kappa shape index (κ3) is 3.27. The van der Waals surface area contributed by atoms with E-state index < -0.39 is 6.10 Å². The number of para-hydroxylation sites is 1. The summed E-state index contributed by atoms with van der Waals surface area (Å²) in [5, 5.41) is 12.8. The molecule has 0 saturated carbocycles. The minimum absolute atomic E-state index is 0.200. The Bertz CT molecular complexity index is 1070. The number of hydrogen-bond donors (Lipinski definition) is 1. The van der Waals surface area contributed by atoms with Crippen molar-refractivity contribution in [3.05, 3.63) is 90.1 Å². The molecule has 0 amide bonds. The maximum Gasteiger partial charge on any atom is 0.131 e. The van der Waals surface area contributed by atoms with Gasteiger partial charge in [0, 0.05) is 35.9 Å². The maximum absolute atomic E-state index is 11.8. The number of aromatic nitrogens is 1. The van der Waals surface area contributed by atoms with Gasteiger partial charge in [-0.25, -0.2) is 0 Å². The van der Waals surface area contributed by atoms with E-state index in [1.165, 1.54) is 17.5 Å². The van der Waals surface area contributed by atoms with Gasteiger partial charge in [-0.1, -0.05) is 54.1 Å². The fourth-order valence-electron chi connectivity index (χ4n) is 6.14. The average Bonchev–Trinajstić information content (AvgIpc) is 2.78. The van der Waals surface area contributed by atoms with Gasteiger partial charge < -0.3 is 9.59 Å². The number of aliphatic hydroxyl groups excluding tert-OH is 1. The van der Waals surface area contributed by atoms with Crippen molar-refractivity contribution in [3.8, 4) is 0 Å². The normalized spacial score (nSPS) is 29.1. The highest BCUT2D eigenvalue weighted by Gasteiger charge is 2.53. The van der Waals surface area contributed by atoms with Crippen molar-refractivity contribution in [2.45, 2.75) is 38.5 Å². The van der Waals surface area contributed by atoms with E-state index in [1.54, 1.807) is 0 Å². The molecule has 3 aliphatic rings. The Hall–Kier alpha value is -2.49. The molecule has 5 atom stereocenters. The Morgan fingerprint density at radius 2 is 2.07 bits per heavy atom. The van der Waals surface area contributed by atoms with Crippen LogP contribution < -0.4 is 0 Å². The summed E-state index contributed by atoms with van der Waals surface area (Å²) < 4.78 is 0.953. The zero-order valence-electron chi connectivity index (χ0n) is 17.7. The van der Waals surface area contributed by atoms with E-state index in [1.807, 2.05) is 30.5 Å². The lowest BCUT2D eigenvalue weighted by atomic mass is 9.71. The van der Waals surface area contributed by atoms with E-state index in [4.69, 9.17) is 0 Å². The fraction of sp³-hybridized carbons (Fsp3) is 0.370. The third-order valence-corrected chi connectivity index (χ3v) is 7.62. The van der Waals surface area contributed by atoms with Gasteiger partial charge >= 0.3 is 0 Å². The van der Waals surface area contributed by atoms with Gasteiger partial charge in [-0.05, 0) is 30.5 Å². The second-order valence-corrected chi connectivity index (χ2v) is 9.39. The van der Waals surface area contributed by atoms with Crippen LogP contribution >= 0.6 is 0 Å². The van der Waals surface area contributed by atoms with Gasteiger partial charge in [0.25, 0.3) is 0 Å². The van der Waals surface area contributed by atoms with Gasteiger partial charge in [0.1, 0.15) is 18.7 Å². The number of benzene rings is 2. The summed E-state index contributed by atoms with van der Waals surface area (Å²) in [6.07, 6.45) is 5.80. The number of quaternary nitrogens is 1. The van der Waals surface area contributed by atoms with E-state index in [0.29, 0.717) is 11.8 Å². The lowest BCUT2D eigenvalue weighted by Crippen LogP contribution is -2.67. The minimum atomic E-state index is -0.490. The van der Waals surface area contributed by atoms with Gasteiger partial charge in [-0.2, -0.15) is 0 Å². The highest BCUT2D eigenvalue weighted by molar-refractivity contribution is 5.82. The zero-order chi connectivity index (χ0) is 20.7. The molecule has 0 radical (unpaired) electrons. The Morgan fingerprint density at radius 1 is 1.20 bits per heavy atom. The Labute approximate surface area is 179 Å². The quantitative estimate of drug-likeness (QED) is 0.473. The smallest absolute Gasteiger partial charge is 0.131 e. The van der Waals surface area contributed by atoms with E-state index >= 15 is 0 Å². The largest absolute Gasteiger partial charge is 0.382 e. The first-order chi connectivity index (χ1) is 14.6. The van der Waals surface area contributed by atoms with E-state index in [0.717, 1.165) is 47.0 Å². The van der Waals surface area contributed by atoms with E-state index in [9.17, 15) is 5.11 Å². The summed E-state index contributed by atoms with van der Waals surface area (Å²) in [6.45, 7) is 9.49. The number of hydrogen-bond acceptors (Lipinski definition) is 2. The number of rotatable bonds is 5. The minimum Gasteiger partial charge on any atom is -0.382 e. The van der Waals surface area contributed by atoms with Crippen molar-refractivity contribution in [2.75, 3.05) is 13.1 Å². The summed E-state index contributed by atoms with van der Waals surface area (Å²) in [6, 6.07) is 19.3. The van der Waals surface area contributed by atoms with Crippen LogP contribution in [0.5, 0.6) is 0 Å². The highest BCUT2D eigenvalue weighted by atomic mass is 16.3. The maximum atomic E-state index is 11.8. The third-order valence-electron chi connectivity index (χ3n) is 7.62. The topological polar surface area (TPSA) is 33.1 Å². The van der Waals surface area contributed by atoms with Crippen LogP contribution in [0.15, 0.2) is 73.4 Å². The first-order valence-electron chi connectivity index (χ1n) is 11.2. The molecule has 4 heterocycles. The lowest BCUT2D eigenvalue weighted by Gasteiger charge is -2.58. The van der Waals surface area contributed by atoms with Crippen LogP contribution in [0.1, 0.15) is 35.6 Å². The molecule has 6 rings (SSSR count). The van der Waals surface area contributed by atoms with Crippen LogP contribution in [0, 0.1) is 18.8 Å². The Kier molecular flexibility index (Phi) is 4.96. The number of fused-ring (bicyclic) bond motifs is 4. The van der Waals surface area contributed by atoms with Crippen LogP contribution in [-0.4, -0.2) is 33.7 Å². The van der Waals surface area contributed by atoms with Crippen LogP contribution in [0.2, 0.25) is 0 Å². The Morgan fingerprint density at radius 3 is 2.90 bits per heavy atom. The van der Waals surface area contributed by atoms with Crippen molar-refractivity contribution in [3.63, 3.8) is 0 Å². The molecule has 3 aromatic rings. The molecule has 4 unspecified atom stereocenters. The number of aryl methyl sites for hydroxylation is 1. The van der Waals surface area contributed by atoms with Gasteiger partial charge in [-0.3, -0.25) is 4.98 Å². The molecule has 0 spiro atoms. The molecule has 3 aliphatic heterocycles. The number of piperidine rings is 3. The summed E-state index contributed by atoms with van der Waals surface area (Å²) in [5.41, 5.74) is 4.65. The fourth-order valence-corrected chi connectivity index (χ4v) is 6.14. The molecule has 1 N–H and O–H groups in total. The number of aliphatic hydroxyl groups is 1. The second-order valence-electron chi connectivity index (χ2n) is 9.39. The van der Waals surface area contributed by atoms with Gasteiger partial charge in [0.15, 0.2) is 0 Å². The molecule has 1 aromatic heterocycles. The standard InChI is InChI=1S/C27H31N2O/c1-3-21-18-29(17-20-8-6-7-19(2)15-20)14-12-22(21)16-26(29)27(30)24-11-13-28-25-10-5-4-9-23(24)25/h3-11,13,15,21-22,26-27,30H,1,12,14,16-18H2,2H3/q+1/t21?,22?,26?,27-,29?/m1/s1. The van der Waals surface area contributed by atoms with Crippen molar-refractivity contribution >= 4 is 10.9 Å². The lowest BCUT2D eigenvalue weighted by molar-refractivity contribution is -0.984. The molecule has 3 fully saturated rings. The molecular weight excluding hydrogens is 368 g/mol. The van der Waals surface area contributed by atoms with Gasteiger partial charge in [-0.15, -0.1) is 6.58 Å². The summed E-state index contributed by atoms with van der Waals surface area (Å²) in [7, 11) is 0. The van der Waals surface area contributed by atoms with Gasteiger partial charge in [0.05, 0.1) is 18.6 Å². The molecule has 30 heavy (non-hydrogen) atoms. The van der Waals surface area contributed by atoms with Crippen LogP contribution in [-0.2, 0) is 6.54 Å². The molecule has 3 heteroatoms. The van der Waals surface area contributed by atoms with E-state index in [-0.39, 0.29) is 6.04 Å². The van der Waals surface area contributed by atoms with Crippen LogP contribution in [0.4, 0.5) is 0 Å². The monoisotopic (exact) mass is 399 g/mol. The summed E-state index contributed by atoms with van der Waals surface area (Å²) in [5.74, 6) is 1.17. The zero-order valence-corrected chi connectivity index (χ0v) is 17.7. The predicted molar refractivity (Wildman–Crippen MR) is 122 cm³/mol. The highest BCUT2D eigenvalue weighted by Crippen LogP contribution is 2.48. The molecule has 2 aromatic carbocycles. The molecule has 0 aliphatic carbocycles. The Balaban J connectivity index is 1.56. The molecular formula is C27H31N2O+. The van der Waals surface area contributed by atoms with Crippen molar-refractivity contribution < 1.29 is 9.59 Å². The van der Waals surface area contributed by atoms with Crippen molar-refractivity contribution in [2.24, 2.45) is 11.8 Å². The second kappa shape index (κ2) is 7.64. The van der Waals surface area contributed by atoms with E-state index in [2.05, 4.69) is 54.9 Å². The van der Waals surface area contributed by atoms with Crippen molar-refractivity contribution in [1.29, 1.82) is 0 Å². The summed E-state index contributed by atoms with van der Waals surface area (Å²) >= 11 is 0. The summed E-state index contributed by atoms with van der Waals surface area (Å²) in [4.78, 5) is 4.51.